The molecule has 0 saturated carbocycles. The second kappa shape index (κ2) is 5.13. The van der Waals surface area contributed by atoms with Crippen molar-refractivity contribution in [1.29, 1.82) is 0 Å². The first-order valence-electron chi connectivity index (χ1n) is 5.97. The highest BCUT2D eigenvalue weighted by Gasteiger charge is 2.39. The summed E-state index contributed by atoms with van der Waals surface area (Å²) >= 11 is 0. The minimum atomic E-state index is 0.0728. The van der Waals surface area contributed by atoms with Gasteiger partial charge < -0.3 is 10.1 Å². The average Bonchev–Trinajstić information content (AvgIpc) is 2.53. The van der Waals surface area contributed by atoms with Crippen LogP contribution in [-0.2, 0) is 4.74 Å². The molecule has 0 aliphatic carbocycles. The Kier molecular flexibility index (Phi) is 4.39. The maximum atomic E-state index is 5.90. The van der Waals surface area contributed by atoms with E-state index in [0.717, 1.165) is 13.2 Å². The zero-order valence-corrected chi connectivity index (χ0v) is 10.1. The maximum Gasteiger partial charge on any atom is 0.0810 e. The number of hydrogen-bond donors (Lipinski definition) is 1. The molecule has 0 spiro atoms. The molecule has 2 nitrogen and oxygen atoms in total. The first-order chi connectivity index (χ1) is 6.60. The minimum absolute atomic E-state index is 0.0728. The van der Waals surface area contributed by atoms with Gasteiger partial charge in [0.1, 0.15) is 0 Å². The Morgan fingerprint density at radius 3 is 2.57 bits per heavy atom. The molecule has 0 aromatic heterocycles. The normalized spacial score (nSPS) is 29.8. The van der Waals surface area contributed by atoms with E-state index in [0.29, 0.717) is 12.0 Å². The summed E-state index contributed by atoms with van der Waals surface area (Å²) in [7, 11) is 0. The summed E-state index contributed by atoms with van der Waals surface area (Å²) < 4.78 is 5.90. The molecular weight excluding hydrogens is 174 g/mol. The van der Waals surface area contributed by atoms with Crippen LogP contribution in [0.2, 0.25) is 0 Å². The third kappa shape index (κ3) is 2.71. The molecule has 1 saturated heterocycles. The monoisotopic (exact) mass is 199 g/mol. The van der Waals surface area contributed by atoms with Gasteiger partial charge in [-0.2, -0.15) is 0 Å². The van der Waals surface area contributed by atoms with Crippen molar-refractivity contribution < 1.29 is 4.74 Å². The number of rotatable bonds is 5. The third-order valence-electron chi connectivity index (χ3n) is 3.19. The van der Waals surface area contributed by atoms with Crippen LogP contribution in [0.25, 0.3) is 0 Å². The Hall–Kier alpha value is -0.0800. The topological polar surface area (TPSA) is 21.3 Å². The minimum Gasteiger partial charge on any atom is -0.374 e. The van der Waals surface area contributed by atoms with Crippen molar-refractivity contribution in [1.82, 2.24) is 5.32 Å². The first-order valence-corrected chi connectivity index (χ1v) is 5.97. The van der Waals surface area contributed by atoms with Gasteiger partial charge >= 0.3 is 0 Å². The van der Waals surface area contributed by atoms with Crippen molar-refractivity contribution in [3.8, 4) is 0 Å². The van der Waals surface area contributed by atoms with Gasteiger partial charge in [0.05, 0.1) is 5.60 Å². The van der Waals surface area contributed by atoms with Gasteiger partial charge in [0.25, 0.3) is 0 Å². The Bertz CT molecular complexity index is 162. The van der Waals surface area contributed by atoms with Crippen molar-refractivity contribution in [2.75, 3.05) is 13.2 Å². The summed E-state index contributed by atoms with van der Waals surface area (Å²) in [6.07, 6.45) is 3.61. The van der Waals surface area contributed by atoms with Gasteiger partial charge in [-0.05, 0) is 38.6 Å². The third-order valence-corrected chi connectivity index (χ3v) is 3.19. The van der Waals surface area contributed by atoms with E-state index in [1.54, 1.807) is 0 Å². The van der Waals surface area contributed by atoms with Crippen molar-refractivity contribution in [3.63, 3.8) is 0 Å². The molecule has 2 heteroatoms. The van der Waals surface area contributed by atoms with Crippen LogP contribution in [0.5, 0.6) is 0 Å². The van der Waals surface area contributed by atoms with Crippen LogP contribution >= 0.6 is 0 Å². The van der Waals surface area contributed by atoms with E-state index in [2.05, 4.69) is 33.0 Å². The van der Waals surface area contributed by atoms with Crippen LogP contribution in [0.4, 0.5) is 0 Å². The van der Waals surface area contributed by atoms with E-state index in [1.165, 1.54) is 19.3 Å². The zero-order valence-electron chi connectivity index (χ0n) is 10.1. The van der Waals surface area contributed by atoms with Crippen LogP contribution in [0, 0.1) is 5.92 Å². The van der Waals surface area contributed by atoms with Crippen molar-refractivity contribution in [3.05, 3.63) is 0 Å². The summed E-state index contributed by atoms with van der Waals surface area (Å²) in [6.45, 7) is 11.1. The van der Waals surface area contributed by atoms with Crippen molar-refractivity contribution in [2.24, 2.45) is 5.92 Å². The molecule has 0 amide bonds. The Balaban J connectivity index is 2.56. The smallest absolute Gasteiger partial charge is 0.0810 e. The molecule has 0 radical (unpaired) electrons. The maximum absolute atomic E-state index is 5.90. The van der Waals surface area contributed by atoms with Crippen molar-refractivity contribution in [2.45, 2.75) is 58.6 Å². The lowest BCUT2D eigenvalue weighted by atomic mass is 9.85. The highest BCUT2D eigenvalue weighted by Crippen LogP contribution is 2.31. The second-order valence-electron chi connectivity index (χ2n) is 4.94. The van der Waals surface area contributed by atoms with Gasteiger partial charge in [-0.25, -0.2) is 0 Å². The fraction of sp³-hybridized carbons (Fsp3) is 1.00. The molecule has 14 heavy (non-hydrogen) atoms. The van der Waals surface area contributed by atoms with Gasteiger partial charge in [0.2, 0.25) is 0 Å². The SMILES string of the molecule is CCCNC(C(C)C)C1(C)CCCO1. The molecule has 1 rings (SSSR count). The number of hydrogen-bond acceptors (Lipinski definition) is 2. The van der Waals surface area contributed by atoms with Gasteiger partial charge in [0, 0.05) is 12.6 Å². The van der Waals surface area contributed by atoms with E-state index < -0.39 is 0 Å². The van der Waals surface area contributed by atoms with Crippen LogP contribution in [0.15, 0.2) is 0 Å². The molecule has 2 atom stereocenters. The predicted octanol–water partition coefficient (Wildman–Crippen LogP) is 2.58. The largest absolute Gasteiger partial charge is 0.374 e. The van der Waals surface area contributed by atoms with Gasteiger partial charge in [-0.1, -0.05) is 20.8 Å². The van der Waals surface area contributed by atoms with Crippen LogP contribution in [0.3, 0.4) is 0 Å². The van der Waals surface area contributed by atoms with Gasteiger partial charge in [-0.3, -0.25) is 0 Å². The molecule has 0 aromatic carbocycles. The molecule has 0 aromatic rings. The molecule has 1 N–H and O–H groups in total. The Morgan fingerprint density at radius 1 is 1.43 bits per heavy atom. The standard InChI is InChI=1S/C12H25NO/c1-5-8-13-11(10(2)3)12(4)7-6-9-14-12/h10-11,13H,5-9H2,1-4H3. The molecule has 1 fully saturated rings. The lowest BCUT2D eigenvalue weighted by Crippen LogP contribution is -2.51. The summed E-state index contributed by atoms with van der Waals surface area (Å²) in [5.74, 6) is 0.643. The second-order valence-corrected chi connectivity index (χ2v) is 4.94. The van der Waals surface area contributed by atoms with E-state index in [9.17, 15) is 0 Å². The van der Waals surface area contributed by atoms with Crippen molar-refractivity contribution >= 4 is 0 Å². The Morgan fingerprint density at radius 2 is 2.14 bits per heavy atom. The fourth-order valence-corrected chi connectivity index (χ4v) is 2.50. The lowest BCUT2D eigenvalue weighted by molar-refractivity contribution is -0.0243. The van der Waals surface area contributed by atoms with E-state index in [4.69, 9.17) is 4.74 Å². The highest BCUT2D eigenvalue weighted by atomic mass is 16.5. The fourth-order valence-electron chi connectivity index (χ4n) is 2.50. The molecule has 1 aliphatic heterocycles. The summed E-state index contributed by atoms with van der Waals surface area (Å²) in [5, 5.41) is 3.63. The van der Waals surface area contributed by atoms with Gasteiger partial charge in [-0.15, -0.1) is 0 Å². The van der Waals surface area contributed by atoms with Crippen LogP contribution < -0.4 is 5.32 Å². The molecule has 1 heterocycles. The van der Waals surface area contributed by atoms with E-state index >= 15 is 0 Å². The lowest BCUT2D eigenvalue weighted by Gasteiger charge is -2.37. The van der Waals surface area contributed by atoms with E-state index in [1.807, 2.05) is 0 Å². The zero-order chi connectivity index (χ0) is 10.6. The Labute approximate surface area is 88.4 Å². The summed E-state index contributed by atoms with van der Waals surface area (Å²) in [6, 6.07) is 0.505. The quantitative estimate of drug-likeness (QED) is 0.735. The molecule has 0 bridgehead atoms. The first kappa shape index (κ1) is 12.0. The number of ether oxygens (including phenoxy) is 1. The molecule has 84 valence electrons. The summed E-state index contributed by atoms with van der Waals surface area (Å²) in [5.41, 5.74) is 0.0728. The summed E-state index contributed by atoms with van der Waals surface area (Å²) in [4.78, 5) is 0. The molecular formula is C12H25NO. The highest BCUT2D eigenvalue weighted by molar-refractivity contribution is 4.94. The van der Waals surface area contributed by atoms with E-state index in [-0.39, 0.29) is 5.60 Å². The average molecular weight is 199 g/mol. The van der Waals surface area contributed by atoms with Crippen LogP contribution in [0.1, 0.15) is 47.0 Å². The molecule has 2 unspecified atom stereocenters. The number of nitrogens with one attached hydrogen (secondary N) is 1. The molecule has 1 aliphatic rings. The van der Waals surface area contributed by atoms with Crippen LogP contribution in [-0.4, -0.2) is 24.8 Å². The van der Waals surface area contributed by atoms with Gasteiger partial charge in [0.15, 0.2) is 0 Å². The predicted molar refractivity (Wildman–Crippen MR) is 60.5 cm³/mol.